The maximum Gasteiger partial charge on any atom is 0.129 e. The second-order valence-corrected chi connectivity index (χ2v) is 5.34. The van der Waals surface area contributed by atoms with Gasteiger partial charge in [-0.3, -0.25) is 0 Å². The zero-order valence-electron chi connectivity index (χ0n) is 10.2. The van der Waals surface area contributed by atoms with Gasteiger partial charge in [-0.2, -0.15) is 0 Å². The second-order valence-electron chi connectivity index (χ2n) is 4.08. The lowest BCUT2D eigenvalue weighted by atomic mass is 10.0. The van der Waals surface area contributed by atoms with Crippen molar-refractivity contribution in [3.8, 4) is 0 Å². The molecular formula is C13H18BrClFN. The third-order valence-electron chi connectivity index (χ3n) is 2.63. The first kappa shape index (κ1) is 14.9. The van der Waals surface area contributed by atoms with Crippen LogP contribution in [-0.4, -0.2) is 6.54 Å². The average Bonchev–Trinajstić information content (AvgIpc) is 2.29. The fraction of sp³-hybridized carbons (Fsp3) is 0.538. The average molecular weight is 323 g/mol. The summed E-state index contributed by atoms with van der Waals surface area (Å²) in [7, 11) is 0. The molecule has 0 saturated heterocycles. The lowest BCUT2D eigenvalue weighted by Crippen LogP contribution is -2.23. The molecule has 0 aliphatic carbocycles. The van der Waals surface area contributed by atoms with Crippen LogP contribution in [0.3, 0.4) is 0 Å². The second kappa shape index (κ2) is 7.34. The van der Waals surface area contributed by atoms with Gasteiger partial charge in [-0.1, -0.05) is 31.9 Å². The first-order chi connectivity index (χ1) is 8.10. The van der Waals surface area contributed by atoms with Crippen molar-refractivity contribution in [3.63, 3.8) is 0 Å². The van der Waals surface area contributed by atoms with Crippen molar-refractivity contribution in [1.82, 2.24) is 5.32 Å². The molecule has 17 heavy (non-hydrogen) atoms. The zero-order chi connectivity index (χ0) is 12.8. The van der Waals surface area contributed by atoms with Crippen LogP contribution in [0.1, 0.15) is 44.7 Å². The highest BCUT2D eigenvalue weighted by Crippen LogP contribution is 2.30. The van der Waals surface area contributed by atoms with Crippen LogP contribution in [0.15, 0.2) is 16.6 Å². The molecule has 1 atom stereocenters. The third-order valence-corrected chi connectivity index (χ3v) is 3.83. The van der Waals surface area contributed by atoms with E-state index < -0.39 is 0 Å². The molecule has 0 bridgehead atoms. The molecule has 0 aliphatic rings. The van der Waals surface area contributed by atoms with Crippen LogP contribution in [0.4, 0.5) is 4.39 Å². The molecule has 0 heterocycles. The fourth-order valence-corrected chi connectivity index (χ4v) is 2.27. The van der Waals surface area contributed by atoms with Gasteiger partial charge in [-0.15, -0.1) is 0 Å². The Balaban J connectivity index is 2.96. The van der Waals surface area contributed by atoms with Gasteiger partial charge in [-0.25, -0.2) is 4.39 Å². The van der Waals surface area contributed by atoms with Crippen molar-refractivity contribution in [2.24, 2.45) is 0 Å². The zero-order valence-corrected chi connectivity index (χ0v) is 12.5. The summed E-state index contributed by atoms with van der Waals surface area (Å²) < 4.78 is 14.5. The van der Waals surface area contributed by atoms with E-state index in [4.69, 9.17) is 11.6 Å². The van der Waals surface area contributed by atoms with Crippen molar-refractivity contribution in [3.05, 3.63) is 33.0 Å². The van der Waals surface area contributed by atoms with Crippen molar-refractivity contribution < 1.29 is 4.39 Å². The van der Waals surface area contributed by atoms with Gasteiger partial charge in [0.25, 0.3) is 0 Å². The molecule has 0 amide bonds. The smallest absolute Gasteiger partial charge is 0.129 e. The molecule has 1 aromatic rings. The minimum Gasteiger partial charge on any atom is -0.310 e. The van der Waals surface area contributed by atoms with Gasteiger partial charge in [0.2, 0.25) is 0 Å². The minimum absolute atomic E-state index is 0.0468. The number of hydrogen-bond acceptors (Lipinski definition) is 1. The molecule has 0 aliphatic heterocycles. The Kier molecular flexibility index (Phi) is 6.45. The van der Waals surface area contributed by atoms with Gasteiger partial charge >= 0.3 is 0 Å². The van der Waals surface area contributed by atoms with E-state index in [1.165, 1.54) is 6.07 Å². The summed E-state index contributed by atoms with van der Waals surface area (Å²) in [6.45, 7) is 5.08. The van der Waals surface area contributed by atoms with E-state index in [1.807, 2.05) is 0 Å². The Bertz CT molecular complexity index is 371. The minimum atomic E-state index is -0.205. The number of hydrogen-bond donors (Lipinski definition) is 1. The number of rotatable bonds is 6. The fourth-order valence-electron chi connectivity index (χ4n) is 1.78. The first-order valence-corrected chi connectivity index (χ1v) is 7.15. The Morgan fingerprint density at radius 1 is 1.35 bits per heavy atom. The SMILES string of the molecule is CCCNC(CCC)c1cc(Cl)c(Br)cc1F. The van der Waals surface area contributed by atoms with Crippen LogP contribution in [0.5, 0.6) is 0 Å². The lowest BCUT2D eigenvalue weighted by molar-refractivity contribution is 0.469. The summed E-state index contributed by atoms with van der Waals surface area (Å²) >= 11 is 9.25. The van der Waals surface area contributed by atoms with E-state index in [1.54, 1.807) is 6.07 Å². The molecule has 0 fully saturated rings. The van der Waals surface area contributed by atoms with Crippen molar-refractivity contribution in [2.75, 3.05) is 6.54 Å². The molecule has 4 heteroatoms. The van der Waals surface area contributed by atoms with Gasteiger partial charge < -0.3 is 5.32 Å². The Morgan fingerprint density at radius 3 is 2.65 bits per heavy atom. The highest BCUT2D eigenvalue weighted by atomic mass is 79.9. The maximum absolute atomic E-state index is 13.9. The van der Waals surface area contributed by atoms with Crippen molar-refractivity contribution in [1.29, 1.82) is 0 Å². The maximum atomic E-state index is 13.9. The van der Waals surface area contributed by atoms with E-state index in [2.05, 4.69) is 35.1 Å². The van der Waals surface area contributed by atoms with Crippen LogP contribution in [-0.2, 0) is 0 Å². The molecule has 0 saturated carbocycles. The largest absolute Gasteiger partial charge is 0.310 e. The van der Waals surface area contributed by atoms with Gasteiger partial charge in [0, 0.05) is 16.1 Å². The van der Waals surface area contributed by atoms with Gasteiger partial charge in [-0.05, 0) is 47.4 Å². The summed E-state index contributed by atoms with van der Waals surface area (Å²) in [5, 5.41) is 3.92. The summed E-state index contributed by atoms with van der Waals surface area (Å²) in [5.74, 6) is -0.205. The van der Waals surface area contributed by atoms with E-state index in [0.29, 0.717) is 15.1 Å². The van der Waals surface area contributed by atoms with Crippen molar-refractivity contribution in [2.45, 2.75) is 39.2 Å². The highest BCUT2D eigenvalue weighted by molar-refractivity contribution is 9.10. The molecule has 96 valence electrons. The van der Waals surface area contributed by atoms with Gasteiger partial charge in [0.05, 0.1) is 5.02 Å². The molecule has 1 aromatic carbocycles. The summed E-state index contributed by atoms with van der Waals surface area (Å²) in [5.41, 5.74) is 0.661. The van der Waals surface area contributed by atoms with Crippen molar-refractivity contribution >= 4 is 27.5 Å². The van der Waals surface area contributed by atoms with E-state index >= 15 is 0 Å². The number of nitrogens with one attached hydrogen (secondary N) is 1. The molecule has 1 nitrogen and oxygen atoms in total. The number of halogens is 3. The van der Waals surface area contributed by atoms with E-state index in [9.17, 15) is 4.39 Å². The Hall–Kier alpha value is -0.120. The molecule has 0 aromatic heterocycles. The van der Waals surface area contributed by atoms with E-state index in [-0.39, 0.29) is 11.9 Å². The predicted octanol–water partition coefficient (Wildman–Crippen LogP) is 5.08. The third kappa shape index (κ3) is 4.23. The van der Waals surface area contributed by atoms with Crippen LogP contribution in [0, 0.1) is 5.82 Å². The first-order valence-electron chi connectivity index (χ1n) is 5.98. The molecule has 1 rings (SSSR count). The van der Waals surface area contributed by atoms with Gasteiger partial charge in [0.15, 0.2) is 0 Å². The Morgan fingerprint density at radius 2 is 2.06 bits per heavy atom. The van der Waals surface area contributed by atoms with Crippen LogP contribution in [0.2, 0.25) is 5.02 Å². The molecule has 1 unspecified atom stereocenters. The molecule has 0 spiro atoms. The normalized spacial score (nSPS) is 12.8. The quantitative estimate of drug-likeness (QED) is 0.720. The molecule has 0 radical (unpaired) electrons. The predicted molar refractivity (Wildman–Crippen MR) is 75.1 cm³/mol. The standard InChI is InChI=1S/C13H18BrClFN/c1-3-5-13(17-6-4-2)9-7-11(15)10(14)8-12(9)16/h7-8,13,17H,3-6H2,1-2H3. The topological polar surface area (TPSA) is 12.0 Å². The Labute approximate surface area is 116 Å². The molecule has 1 N–H and O–H groups in total. The van der Waals surface area contributed by atoms with Crippen LogP contribution in [0.25, 0.3) is 0 Å². The van der Waals surface area contributed by atoms with Gasteiger partial charge in [0.1, 0.15) is 5.82 Å². The molecular weight excluding hydrogens is 305 g/mol. The monoisotopic (exact) mass is 321 g/mol. The lowest BCUT2D eigenvalue weighted by Gasteiger charge is -2.19. The van der Waals surface area contributed by atoms with E-state index in [0.717, 1.165) is 25.8 Å². The summed E-state index contributed by atoms with van der Waals surface area (Å²) in [6.07, 6.45) is 2.95. The van der Waals surface area contributed by atoms with Crippen LogP contribution < -0.4 is 5.32 Å². The highest BCUT2D eigenvalue weighted by Gasteiger charge is 2.16. The number of benzene rings is 1. The summed E-state index contributed by atoms with van der Waals surface area (Å²) in [6, 6.07) is 3.20. The van der Waals surface area contributed by atoms with Crippen LogP contribution >= 0.6 is 27.5 Å². The summed E-state index contributed by atoms with van der Waals surface area (Å²) in [4.78, 5) is 0.